The second kappa shape index (κ2) is 6.96. The van der Waals surface area contributed by atoms with Crippen molar-refractivity contribution in [2.24, 2.45) is 0 Å². The van der Waals surface area contributed by atoms with E-state index in [1.165, 1.54) is 6.39 Å². The van der Waals surface area contributed by atoms with Crippen LogP contribution < -0.4 is 10.9 Å². The number of amides is 2. The van der Waals surface area contributed by atoms with Crippen LogP contribution in [0.3, 0.4) is 0 Å². The molecule has 7 heteroatoms. The van der Waals surface area contributed by atoms with Gasteiger partial charge >= 0.3 is 0 Å². The van der Waals surface area contributed by atoms with Gasteiger partial charge in [0.2, 0.25) is 12.3 Å². The summed E-state index contributed by atoms with van der Waals surface area (Å²) in [6, 6.07) is 12.1. The number of benzene rings is 2. The first kappa shape index (κ1) is 16.4. The average Bonchev–Trinajstić information content (AvgIpc) is 3.14. The van der Waals surface area contributed by atoms with Crippen LogP contribution in [0.2, 0.25) is 0 Å². The lowest BCUT2D eigenvalue weighted by Gasteiger charge is -2.10. The Morgan fingerprint density at radius 1 is 0.960 bits per heavy atom. The Morgan fingerprint density at radius 3 is 2.32 bits per heavy atom. The van der Waals surface area contributed by atoms with Gasteiger partial charge in [-0.25, -0.2) is 0 Å². The van der Waals surface area contributed by atoms with Crippen molar-refractivity contribution in [3.63, 3.8) is 0 Å². The molecule has 0 bridgehead atoms. The summed E-state index contributed by atoms with van der Waals surface area (Å²) < 4.78 is 5.09. The minimum atomic E-state index is -0.421. The molecular weight excluding hydrogens is 320 g/mol. The van der Waals surface area contributed by atoms with Crippen LogP contribution in [0.25, 0.3) is 11.5 Å². The van der Waals surface area contributed by atoms with Crippen LogP contribution in [-0.2, 0) is 0 Å². The molecule has 2 aromatic carbocycles. The third-order valence-corrected chi connectivity index (χ3v) is 3.67. The molecule has 0 spiro atoms. The van der Waals surface area contributed by atoms with Crippen LogP contribution in [0.1, 0.15) is 31.8 Å². The van der Waals surface area contributed by atoms with Gasteiger partial charge in [0.25, 0.3) is 11.8 Å². The van der Waals surface area contributed by atoms with Crippen molar-refractivity contribution < 1.29 is 14.0 Å². The zero-order valence-corrected chi connectivity index (χ0v) is 13.7. The maximum absolute atomic E-state index is 12.2. The van der Waals surface area contributed by atoms with Crippen molar-refractivity contribution in [2.75, 3.05) is 0 Å². The molecule has 1 heterocycles. The van der Waals surface area contributed by atoms with Crippen LogP contribution in [0.4, 0.5) is 0 Å². The van der Waals surface area contributed by atoms with Gasteiger partial charge in [-0.3, -0.25) is 20.4 Å². The summed E-state index contributed by atoms with van der Waals surface area (Å²) in [4.78, 5) is 24.3. The van der Waals surface area contributed by atoms with E-state index >= 15 is 0 Å². The van der Waals surface area contributed by atoms with Gasteiger partial charge in [-0.2, -0.15) is 0 Å². The Bertz CT molecular complexity index is 903. The van der Waals surface area contributed by atoms with Crippen molar-refractivity contribution in [1.82, 2.24) is 21.0 Å². The number of rotatable bonds is 3. The van der Waals surface area contributed by atoms with Crippen LogP contribution >= 0.6 is 0 Å². The van der Waals surface area contributed by atoms with E-state index < -0.39 is 5.91 Å². The zero-order chi connectivity index (χ0) is 17.8. The summed E-state index contributed by atoms with van der Waals surface area (Å²) in [5, 5.41) is 7.40. The van der Waals surface area contributed by atoms with Crippen molar-refractivity contribution in [2.45, 2.75) is 13.8 Å². The summed E-state index contributed by atoms with van der Waals surface area (Å²) in [5.41, 5.74) is 8.34. The lowest BCUT2D eigenvalue weighted by Crippen LogP contribution is -2.41. The SMILES string of the molecule is Cc1ccc(C(=O)NNC(=O)c2ccc(-c3nnco3)cc2)c(C)c1. The van der Waals surface area contributed by atoms with Crippen LogP contribution in [0, 0.1) is 13.8 Å². The molecule has 3 aromatic rings. The highest BCUT2D eigenvalue weighted by Gasteiger charge is 2.12. The maximum Gasteiger partial charge on any atom is 0.269 e. The molecule has 0 unspecified atom stereocenters. The molecule has 0 saturated heterocycles. The van der Waals surface area contributed by atoms with Gasteiger partial charge in [-0.1, -0.05) is 17.7 Å². The molecule has 0 fully saturated rings. The molecule has 0 aliphatic rings. The Hall–Kier alpha value is -3.48. The van der Waals surface area contributed by atoms with Gasteiger partial charge in [0, 0.05) is 16.7 Å². The van der Waals surface area contributed by atoms with Crippen molar-refractivity contribution >= 4 is 11.8 Å². The number of hydrogen-bond acceptors (Lipinski definition) is 5. The van der Waals surface area contributed by atoms with E-state index in [0.717, 1.165) is 11.1 Å². The van der Waals surface area contributed by atoms with E-state index in [0.29, 0.717) is 22.6 Å². The molecule has 0 aliphatic carbocycles. The molecule has 0 aliphatic heterocycles. The smallest absolute Gasteiger partial charge is 0.269 e. The molecular formula is C18H16N4O3. The van der Waals surface area contributed by atoms with E-state index in [9.17, 15) is 9.59 Å². The van der Waals surface area contributed by atoms with E-state index in [-0.39, 0.29) is 5.91 Å². The van der Waals surface area contributed by atoms with Gasteiger partial charge in [0.15, 0.2) is 0 Å². The molecule has 0 atom stereocenters. The topological polar surface area (TPSA) is 97.1 Å². The molecule has 7 nitrogen and oxygen atoms in total. The van der Waals surface area contributed by atoms with Gasteiger partial charge in [0.05, 0.1) is 0 Å². The highest BCUT2D eigenvalue weighted by molar-refractivity contribution is 5.99. The third kappa shape index (κ3) is 3.72. The Labute approximate surface area is 144 Å². The fraction of sp³-hybridized carbons (Fsp3) is 0.111. The molecule has 25 heavy (non-hydrogen) atoms. The fourth-order valence-electron chi connectivity index (χ4n) is 2.38. The third-order valence-electron chi connectivity index (χ3n) is 3.67. The summed E-state index contributed by atoms with van der Waals surface area (Å²) in [7, 11) is 0. The number of hydrogen-bond donors (Lipinski definition) is 2. The summed E-state index contributed by atoms with van der Waals surface area (Å²) in [6.07, 6.45) is 1.23. The molecule has 0 radical (unpaired) electrons. The predicted octanol–water partition coefficient (Wildman–Crippen LogP) is 2.43. The first-order valence-electron chi connectivity index (χ1n) is 7.59. The monoisotopic (exact) mass is 336 g/mol. The van der Waals surface area contributed by atoms with E-state index in [2.05, 4.69) is 21.0 Å². The Balaban J connectivity index is 1.63. The highest BCUT2D eigenvalue weighted by Crippen LogP contribution is 2.16. The van der Waals surface area contributed by atoms with Gasteiger partial charge in [-0.15, -0.1) is 10.2 Å². The van der Waals surface area contributed by atoms with Gasteiger partial charge < -0.3 is 4.42 Å². The molecule has 2 N–H and O–H groups in total. The second-order valence-electron chi connectivity index (χ2n) is 5.55. The number of nitrogens with one attached hydrogen (secondary N) is 2. The van der Waals surface area contributed by atoms with Gasteiger partial charge in [0.1, 0.15) is 0 Å². The average molecular weight is 336 g/mol. The maximum atomic E-state index is 12.2. The molecule has 2 amide bonds. The van der Waals surface area contributed by atoms with E-state index in [4.69, 9.17) is 4.42 Å². The number of carbonyl (C=O) groups is 2. The quantitative estimate of drug-likeness (QED) is 0.716. The fourth-order valence-corrected chi connectivity index (χ4v) is 2.38. The number of nitrogens with zero attached hydrogens (tertiary/aromatic N) is 2. The normalized spacial score (nSPS) is 10.3. The van der Waals surface area contributed by atoms with Crippen LogP contribution in [0.15, 0.2) is 53.3 Å². The standard InChI is InChI=1S/C18H16N4O3/c1-11-3-8-15(12(2)9-11)17(24)21-20-16(23)13-4-6-14(7-5-13)18-22-19-10-25-18/h3-10H,1-2H3,(H,20,23)(H,21,24). The molecule has 0 saturated carbocycles. The zero-order valence-electron chi connectivity index (χ0n) is 13.7. The van der Waals surface area contributed by atoms with Crippen LogP contribution in [0.5, 0.6) is 0 Å². The minimum Gasteiger partial charge on any atom is -0.423 e. The second-order valence-corrected chi connectivity index (χ2v) is 5.55. The first-order chi connectivity index (χ1) is 12.0. The summed E-state index contributed by atoms with van der Waals surface area (Å²) in [6.45, 7) is 3.80. The number of aromatic nitrogens is 2. The van der Waals surface area contributed by atoms with E-state index in [1.54, 1.807) is 30.3 Å². The molecule has 1 aromatic heterocycles. The minimum absolute atomic E-state index is 0.367. The lowest BCUT2D eigenvalue weighted by atomic mass is 10.1. The lowest BCUT2D eigenvalue weighted by molar-refractivity contribution is 0.0846. The van der Waals surface area contributed by atoms with Crippen molar-refractivity contribution in [3.8, 4) is 11.5 Å². The summed E-state index contributed by atoms with van der Waals surface area (Å²) in [5.74, 6) is -0.418. The van der Waals surface area contributed by atoms with Crippen molar-refractivity contribution in [1.29, 1.82) is 0 Å². The number of hydrazine groups is 1. The largest absolute Gasteiger partial charge is 0.423 e. The highest BCUT2D eigenvalue weighted by atomic mass is 16.4. The summed E-state index contributed by atoms with van der Waals surface area (Å²) >= 11 is 0. The molecule has 126 valence electrons. The Kier molecular flexibility index (Phi) is 4.56. The predicted molar refractivity (Wildman–Crippen MR) is 90.6 cm³/mol. The molecule has 3 rings (SSSR count). The number of aryl methyl sites for hydroxylation is 2. The first-order valence-corrected chi connectivity index (χ1v) is 7.59. The number of carbonyl (C=O) groups excluding carboxylic acids is 2. The van der Waals surface area contributed by atoms with Crippen molar-refractivity contribution in [3.05, 3.63) is 71.1 Å². The Morgan fingerprint density at radius 2 is 1.68 bits per heavy atom. The van der Waals surface area contributed by atoms with Gasteiger partial charge in [-0.05, 0) is 49.7 Å². The van der Waals surface area contributed by atoms with E-state index in [1.807, 2.05) is 26.0 Å². The van der Waals surface area contributed by atoms with Crippen LogP contribution in [-0.4, -0.2) is 22.0 Å².